The summed E-state index contributed by atoms with van der Waals surface area (Å²) in [5.41, 5.74) is 6.57. The highest BCUT2D eigenvalue weighted by atomic mass is 32.2. The number of benzene rings is 2. The zero-order valence-electron chi connectivity index (χ0n) is 24.3. The molecule has 0 radical (unpaired) electrons. The molecule has 2 aromatic carbocycles. The SMILES string of the molecule is CN(CCCCCCC1=C(c2ccccc2)CCCc2cc(O)ccc21)CCCCS(=O)/C=C/CC(F)(F)C(F)(F)F. The van der Waals surface area contributed by atoms with Crippen molar-refractivity contribution < 1.29 is 31.3 Å². The van der Waals surface area contributed by atoms with Crippen molar-refractivity contribution in [1.82, 2.24) is 4.90 Å². The summed E-state index contributed by atoms with van der Waals surface area (Å²) < 4.78 is 74.2. The summed E-state index contributed by atoms with van der Waals surface area (Å²) in [4.78, 5) is 2.21. The predicted octanol–water partition coefficient (Wildman–Crippen LogP) is 9.15. The van der Waals surface area contributed by atoms with Crippen LogP contribution in [0.5, 0.6) is 5.75 Å². The van der Waals surface area contributed by atoms with Crippen molar-refractivity contribution in [1.29, 1.82) is 0 Å². The Morgan fingerprint density at radius 3 is 2.31 bits per heavy atom. The van der Waals surface area contributed by atoms with E-state index in [1.165, 1.54) is 27.8 Å². The number of aryl methyl sites for hydroxylation is 1. The van der Waals surface area contributed by atoms with Gasteiger partial charge in [-0.25, -0.2) is 0 Å². The molecule has 1 aliphatic carbocycles. The van der Waals surface area contributed by atoms with Gasteiger partial charge in [0.25, 0.3) is 0 Å². The van der Waals surface area contributed by atoms with Crippen LogP contribution in [0, 0.1) is 0 Å². The second kappa shape index (κ2) is 16.4. The topological polar surface area (TPSA) is 40.5 Å². The van der Waals surface area contributed by atoms with Crippen LogP contribution in [-0.4, -0.2) is 52.2 Å². The fraction of sp³-hybridized carbons (Fsp3) is 0.515. The highest BCUT2D eigenvalue weighted by Gasteiger charge is 2.56. The van der Waals surface area contributed by atoms with E-state index >= 15 is 0 Å². The van der Waals surface area contributed by atoms with Gasteiger partial charge < -0.3 is 10.0 Å². The highest BCUT2D eigenvalue weighted by molar-refractivity contribution is 7.87. The van der Waals surface area contributed by atoms with Crippen LogP contribution in [0.25, 0.3) is 11.1 Å². The number of aromatic hydroxyl groups is 1. The Hall–Kier alpha value is -2.52. The molecule has 0 saturated heterocycles. The number of halogens is 5. The van der Waals surface area contributed by atoms with Gasteiger partial charge in [0.15, 0.2) is 0 Å². The lowest BCUT2D eigenvalue weighted by molar-refractivity contribution is -0.280. The van der Waals surface area contributed by atoms with Crippen molar-refractivity contribution in [2.24, 2.45) is 0 Å². The molecule has 0 fully saturated rings. The molecule has 9 heteroatoms. The molecule has 1 unspecified atom stereocenters. The molecule has 0 spiro atoms. The minimum atomic E-state index is -5.60. The summed E-state index contributed by atoms with van der Waals surface area (Å²) in [5, 5.41) is 11.0. The lowest BCUT2D eigenvalue weighted by Crippen LogP contribution is -2.35. The predicted molar refractivity (Wildman–Crippen MR) is 162 cm³/mol. The first-order chi connectivity index (χ1) is 20.0. The van der Waals surface area contributed by atoms with Crippen LogP contribution in [0.1, 0.15) is 80.9 Å². The van der Waals surface area contributed by atoms with E-state index in [4.69, 9.17) is 0 Å². The van der Waals surface area contributed by atoms with Crippen LogP contribution in [0.2, 0.25) is 0 Å². The van der Waals surface area contributed by atoms with Gasteiger partial charge in [-0.3, -0.25) is 4.21 Å². The smallest absolute Gasteiger partial charge is 0.453 e. The minimum Gasteiger partial charge on any atom is -0.508 e. The summed E-state index contributed by atoms with van der Waals surface area (Å²) in [6, 6.07) is 16.4. The van der Waals surface area contributed by atoms with Crippen molar-refractivity contribution in [3.8, 4) is 5.75 Å². The first-order valence-electron chi connectivity index (χ1n) is 14.7. The molecule has 0 aliphatic heterocycles. The van der Waals surface area contributed by atoms with Gasteiger partial charge in [0.2, 0.25) is 0 Å². The third kappa shape index (κ3) is 10.6. The Balaban J connectivity index is 1.37. The Morgan fingerprint density at radius 1 is 0.905 bits per heavy atom. The van der Waals surface area contributed by atoms with E-state index in [1.807, 2.05) is 19.2 Å². The number of hydrogen-bond donors (Lipinski definition) is 1. The van der Waals surface area contributed by atoms with Gasteiger partial charge in [-0.05, 0) is 117 Å². The summed E-state index contributed by atoms with van der Waals surface area (Å²) >= 11 is 0. The average Bonchev–Trinajstić information content (AvgIpc) is 3.11. The number of allylic oxidation sites excluding steroid dienone is 3. The molecule has 1 N–H and O–H groups in total. The second-order valence-electron chi connectivity index (χ2n) is 11.1. The normalized spacial score (nSPS) is 15.3. The number of phenolic OH excluding ortho intramolecular Hbond substituents is 1. The van der Waals surface area contributed by atoms with Crippen LogP contribution in [0.4, 0.5) is 22.0 Å². The van der Waals surface area contributed by atoms with Gasteiger partial charge in [-0.2, -0.15) is 22.0 Å². The van der Waals surface area contributed by atoms with Gasteiger partial charge in [0.1, 0.15) is 5.75 Å². The third-order valence-corrected chi connectivity index (χ3v) is 8.85. The Kier molecular flexibility index (Phi) is 13.2. The second-order valence-corrected chi connectivity index (χ2v) is 12.5. The molecular weight excluding hydrogens is 569 g/mol. The molecule has 1 aliphatic rings. The van der Waals surface area contributed by atoms with E-state index in [2.05, 4.69) is 35.2 Å². The van der Waals surface area contributed by atoms with E-state index < -0.39 is 29.3 Å². The highest BCUT2D eigenvalue weighted by Crippen LogP contribution is 2.40. The molecule has 42 heavy (non-hydrogen) atoms. The summed E-state index contributed by atoms with van der Waals surface area (Å²) in [6.45, 7) is 1.75. The van der Waals surface area contributed by atoms with Crippen LogP contribution in [0.3, 0.4) is 0 Å². The molecule has 2 aromatic rings. The monoisotopic (exact) mass is 611 g/mol. The summed E-state index contributed by atoms with van der Waals surface area (Å²) in [5.74, 6) is -4.24. The van der Waals surface area contributed by atoms with E-state index in [9.17, 15) is 31.3 Å². The molecular formula is C33H42F5NO2S. The number of alkyl halides is 5. The fourth-order valence-corrected chi connectivity index (χ4v) is 6.29. The fourth-order valence-electron chi connectivity index (χ4n) is 5.36. The lowest BCUT2D eigenvalue weighted by atomic mass is 9.89. The summed E-state index contributed by atoms with van der Waals surface area (Å²) in [6.07, 6.45) is 3.38. The van der Waals surface area contributed by atoms with Crippen molar-refractivity contribution in [3.05, 3.63) is 76.7 Å². The quantitative estimate of drug-likeness (QED) is 0.152. The molecule has 0 aromatic heterocycles. The van der Waals surface area contributed by atoms with Gasteiger partial charge >= 0.3 is 12.1 Å². The number of rotatable bonds is 16. The zero-order valence-corrected chi connectivity index (χ0v) is 25.1. The van der Waals surface area contributed by atoms with Gasteiger partial charge in [0.05, 0.1) is 0 Å². The van der Waals surface area contributed by atoms with Crippen LogP contribution < -0.4 is 0 Å². The Labute approximate surface area is 249 Å². The number of nitrogens with zero attached hydrogens (tertiary/aromatic N) is 1. The van der Waals surface area contributed by atoms with Gasteiger partial charge in [0, 0.05) is 23.0 Å². The molecule has 0 bridgehead atoms. The molecule has 3 nitrogen and oxygen atoms in total. The van der Waals surface area contributed by atoms with Crippen molar-refractivity contribution >= 4 is 21.9 Å². The Morgan fingerprint density at radius 2 is 1.60 bits per heavy atom. The lowest BCUT2D eigenvalue weighted by Gasteiger charge is -2.17. The van der Waals surface area contributed by atoms with Crippen molar-refractivity contribution in [2.75, 3.05) is 25.9 Å². The maximum absolute atomic E-state index is 12.9. The Bertz CT molecular complexity index is 1210. The van der Waals surface area contributed by atoms with E-state index in [-0.39, 0.29) is 5.75 Å². The molecule has 3 rings (SSSR count). The first-order valence-corrected chi connectivity index (χ1v) is 16.1. The van der Waals surface area contributed by atoms with Crippen LogP contribution in [0.15, 0.2) is 60.0 Å². The zero-order chi connectivity index (χ0) is 30.6. The van der Waals surface area contributed by atoms with E-state index in [0.29, 0.717) is 18.2 Å². The molecule has 1 atom stereocenters. The number of hydrogen-bond acceptors (Lipinski definition) is 3. The molecule has 232 valence electrons. The maximum atomic E-state index is 12.9. The standard InChI is InChI=1S/C33H42F5NO2S/c1-39(22-9-10-23-42(41)24-12-20-32(34,35)33(36,37)38)21-8-3-2-7-16-31-29(26-13-5-4-6-14-26)17-11-15-27-25-28(40)18-19-30(27)31/h4-6,12-14,18-19,24-25,40H,2-3,7-11,15-17,20-23H2,1H3/b24-12+. The summed E-state index contributed by atoms with van der Waals surface area (Å²) in [7, 11) is 0.478. The minimum absolute atomic E-state index is 0.242. The van der Waals surface area contributed by atoms with E-state index in [0.717, 1.165) is 76.3 Å². The van der Waals surface area contributed by atoms with Crippen LogP contribution in [-0.2, 0) is 17.2 Å². The maximum Gasteiger partial charge on any atom is 0.453 e. The van der Waals surface area contributed by atoms with Crippen molar-refractivity contribution in [3.63, 3.8) is 0 Å². The number of unbranched alkanes of at least 4 members (excludes halogenated alkanes) is 4. The molecule has 0 amide bonds. The van der Waals surface area contributed by atoms with Gasteiger partial charge in [-0.15, -0.1) is 0 Å². The largest absolute Gasteiger partial charge is 0.508 e. The van der Waals surface area contributed by atoms with Crippen molar-refractivity contribution in [2.45, 2.75) is 82.7 Å². The van der Waals surface area contributed by atoms with E-state index in [1.54, 1.807) is 6.07 Å². The number of phenols is 1. The van der Waals surface area contributed by atoms with Crippen LogP contribution >= 0.6 is 0 Å². The first kappa shape index (κ1) is 34.0. The molecule has 0 heterocycles. The third-order valence-electron chi connectivity index (χ3n) is 7.66. The number of fused-ring (bicyclic) bond motifs is 1. The molecule has 0 saturated carbocycles. The average molecular weight is 612 g/mol. The van der Waals surface area contributed by atoms with Gasteiger partial charge in [-0.1, -0.05) is 55.3 Å².